The molecule has 0 saturated carbocycles. The number of hydrogen-bond acceptors (Lipinski definition) is 5. The predicted molar refractivity (Wildman–Crippen MR) is 157 cm³/mol. The van der Waals surface area contributed by atoms with Crippen LogP contribution in [0.5, 0.6) is 0 Å². The number of amides is 1. The zero-order chi connectivity index (χ0) is 27.7. The standard InChI is InChI=1S/C31H29ClN2O4S/c1-31(2,3)19-10-13-23-26(16-19)39-29(27(23)28(35)34-20-7-5-4-6-8-20)33-17-21-11-14-25(38-21)18-9-12-22(30(36)37)24(32)15-18/h4-9,11-12,14-15,17,19H,10,13,16H2,1-3H3,(H,34,35)(H,36,37)/t19-/m1/s1. The number of hydrogen-bond donors (Lipinski definition) is 2. The summed E-state index contributed by atoms with van der Waals surface area (Å²) >= 11 is 7.71. The summed E-state index contributed by atoms with van der Waals surface area (Å²) < 4.78 is 5.96. The number of para-hydroxylation sites is 1. The zero-order valence-corrected chi connectivity index (χ0v) is 23.5. The van der Waals surface area contributed by atoms with Gasteiger partial charge in [-0.1, -0.05) is 56.6 Å². The molecular formula is C31H29ClN2O4S. The van der Waals surface area contributed by atoms with Gasteiger partial charge in [-0.3, -0.25) is 4.79 Å². The number of carboxylic acid groups (broad SMARTS) is 1. The Labute approximate surface area is 236 Å². The van der Waals surface area contributed by atoms with E-state index in [0.717, 1.165) is 30.5 Å². The van der Waals surface area contributed by atoms with Gasteiger partial charge in [0.15, 0.2) is 0 Å². The molecule has 1 amide bonds. The average Bonchev–Trinajstić information content (AvgIpc) is 3.51. The number of furan rings is 1. The minimum atomic E-state index is -1.08. The molecule has 2 heterocycles. The number of carboxylic acids is 1. The number of rotatable bonds is 6. The van der Waals surface area contributed by atoms with Crippen molar-refractivity contribution in [3.05, 3.63) is 93.0 Å². The Hall–Kier alpha value is -3.68. The summed E-state index contributed by atoms with van der Waals surface area (Å²) in [5.41, 5.74) is 3.34. The van der Waals surface area contributed by atoms with Crippen LogP contribution in [-0.4, -0.2) is 23.2 Å². The molecule has 0 radical (unpaired) electrons. The molecule has 0 fully saturated rings. The van der Waals surface area contributed by atoms with Crippen molar-refractivity contribution in [1.82, 2.24) is 0 Å². The van der Waals surface area contributed by atoms with Crippen LogP contribution in [0.4, 0.5) is 10.7 Å². The molecule has 0 saturated heterocycles. The number of carbonyl (C=O) groups is 2. The molecule has 8 heteroatoms. The van der Waals surface area contributed by atoms with Crippen LogP contribution in [0, 0.1) is 11.3 Å². The minimum absolute atomic E-state index is 0.0328. The highest BCUT2D eigenvalue weighted by Gasteiger charge is 2.33. The van der Waals surface area contributed by atoms with Gasteiger partial charge < -0.3 is 14.8 Å². The lowest BCUT2D eigenvalue weighted by Gasteiger charge is -2.33. The second-order valence-electron chi connectivity index (χ2n) is 10.8. The first-order valence-corrected chi connectivity index (χ1v) is 14.0. The molecule has 6 nitrogen and oxygen atoms in total. The molecule has 39 heavy (non-hydrogen) atoms. The highest BCUT2D eigenvalue weighted by Crippen LogP contribution is 2.45. The first-order valence-electron chi connectivity index (χ1n) is 12.8. The van der Waals surface area contributed by atoms with Gasteiger partial charge in [-0.05, 0) is 72.6 Å². The van der Waals surface area contributed by atoms with Crippen molar-refractivity contribution < 1.29 is 19.1 Å². The second kappa shape index (κ2) is 10.8. The fourth-order valence-electron chi connectivity index (χ4n) is 4.89. The maximum absolute atomic E-state index is 13.5. The van der Waals surface area contributed by atoms with Crippen LogP contribution in [0.2, 0.25) is 5.02 Å². The lowest BCUT2D eigenvalue weighted by Crippen LogP contribution is -2.27. The van der Waals surface area contributed by atoms with E-state index in [1.54, 1.807) is 41.8 Å². The Bertz CT molecular complexity index is 1560. The first-order chi connectivity index (χ1) is 18.6. The zero-order valence-electron chi connectivity index (χ0n) is 22.0. The smallest absolute Gasteiger partial charge is 0.337 e. The monoisotopic (exact) mass is 560 g/mol. The van der Waals surface area contributed by atoms with Crippen molar-refractivity contribution in [1.29, 1.82) is 0 Å². The van der Waals surface area contributed by atoms with Gasteiger partial charge in [-0.15, -0.1) is 11.3 Å². The molecule has 1 atom stereocenters. The number of anilines is 1. The van der Waals surface area contributed by atoms with Gasteiger partial charge in [-0.25, -0.2) is 9.79 Å². The fourth-order valence-corrected chi connectivity index (χ4v) is 6.42. The highest BCUT2D eigenvalue weighted by atomic mass is 35.5. The van der Waals surface area contributed by atoms with E-state index in [1.807, 2.05) is 30.3 Å². The maximum Gasteiger partial charge on any atom is 0.337 e. The van der Waals surface area contributed by atoms with E-state index in [0.29, 0.717) is 33.6 Å². The largest absolute Gasteiger partial charge is 0.478 e. The fraction of sp³-hybridized carbons (Fsp3) is 0.258. The molecule has 5 rings (SSSR count). The average molecular weight is 561 g/mol. The van der Waals surface area contributed by atoms with E-state index in [2.05, 4.69) is 26.1 Å². The number of carbonyl (C=O) groups excluding carboxylic acids is 1. The van der Waals surface area contributed by atoms with Crippen LogP contribution >= 0.6 is 22.9 Å². The van der Waals surface area contributed by atoms with E-state index < -0.39 is 5.97 Å². The molecule has 1 aliphatic rings. The SMILES string of the molecule is CC(C)(C)[C@@H]1CCc2c(sc(N=Cc3ccc(-c4ccc(C(=O)O)c(Cl)c4)o3)c2C(=O)Nc2ccccc2)C1. The lowest BCUT2D eigenvalue weighted by molar-refractivity contribution is 0.0697. The van der Waals surface area contributed by atoms with E-state index in [9.17, 15) is 14.7 Å². The van der Waals surface area contributed by atoms with E-state index in [1.165, 1.54) is 10.9 Å². The first kappa shape index (κ1) is 26.9. The number of nitrogens with zero attached hydrogens (tertiary/aromatic N) is 1. The molecule has 2 N–H and O–H groups in total. The van der Waals surface area contributed by atoms with Crippen molar-refractivity contribution >= 4 is 51.7 Å². The third-order valence-electron chi connectivity index (χ3n) is 7.15. The Kier molecular flexibility index (Phi) is 7.47. The van der Waals surface area contributed by atoms with E-state index >= 15 is 0 Å². The van der Waals surface area contributed by atoms with E-state index in [4.69, 9.17) is 21.0 Å². The summed E-state index contributed by atoms with van der Waals surface area (Å²) in [6.45, 7) is 6.82. The molecule has 2 aromatic carbocycles. The Morgan fingerprint density at radius 1 is 1.13 bits per heavy atom. The minimum Gasteiger partial charge on any atom is -0.478 e. The van der Waals surface area contributed by atoms with Crippen LogP contribution in [0.25, 0.3) is 11.3 Å². The van der Waals surface area contributed by atoms with Gasteiger partial charge in [0.25, 0.3) is 5.91 Å². The summed E-state index contributed by atoms with van der Waals surface area (Å²) in [5, 5.41) is 13.0. The van der Waals surface area contributed by atoms with Gasteiger partial charge in [0.1, 0.15) is 16.5 Å². The highest BCUT2D eigenvalue weighted by molar-refractivity contribution is 7.16. The Morgan fingerprint density at radius 2 is 1.90 bits per heavy atom. The third-order valence-corrected chi connectivity index (χ3v) is 8.63. The molecular weight excluding hydrogens is 532 g/mol. The van der Waals surface area contributed by atoms with Crippen LogP contribution in [0.15, 0.2) is 70.1 Å². The summed E-state index contributed by atoms with van der Waals surface area (Å²) in [6, 6.07) is 17.7. The molecule has 0 bridgehead atoms. The van der Waals surface area contributed by atoms with Crippen molar-refractivity contribution in [2.75, 3.05) is 5.32 Å². The predicted octanol–water partition coefficient (Wildman–Crippen LogP) is 8.51. The molecule has 2 aromatic heterocycles. The van der Waals surface area contributed by atoms with Gasteiger partial charge in [0, 0.05) is 16.1 Å². The van der Waals surface area contributed by atoms with Crippen LogP contribution in [0.1, 0.15) is 64.1 Å². The number of fused-ring (bicyclic) bond motifs is 1. The molecule has 0 aliphatic heterocycles. The summed E-state index contributed by atoms with van der Waals surface area (Å²) in [4.78, 5) is 30.7. The van der Waals surface area contributed by atoms with E-state index in [-0.39, 0.29) is 21.9 Å². The van der Waals surface area contributed by atoms with Gasteiger partial charge in [-0.2, -0.15) is 0 Å². The molecule has 200 valence electrons. The molecule has 0 unspecified atom stereocenters. The lowest BCUT2D eigenvalue weighted by atomic mass is 9.72. The Balaban J connectivity index is 1.45. The second-order valence-corrected chi connectivity index (χ2v) is 12.3. The summed E-state index contributed by atoms with van der Waals surface area (Å²) in [7, 11) is 0. The third kappa shape index (κ3) is 5.84. The number of benzene rings is 2. The van der Waals surface area contributed by atoms with Crippen molar-refractivity contribution in [2.45, 2.75) is 40.0 Å². The number of aliphatic imine (C=N–C) groups is 1. The van der Waals surface area contributed by atoms with Gasteiger partial charge in [0.05, 0.1) is 22.4 Å². The number of halogens is 1. The van der Waals surface area contributed by atoms with Gasteiger partial charge in [0.2, 0.25) is 0 Å². The van der Waals surface area contributed by atoms with Crippen LogP contribution in [-0.2, 0) is 12.8 Å². The Morgan fingerprint density at radius 3 is 2.59 bits per heavy atom. The summed E-state index contributed by atoms with van der Waals surface area (Å²) in [6.07, 6.45) is 4.43. The normalized spacial score (nSPS) is 15.3. The quantitative estimate of drug-likeness (QED) is 0.231. The van der Waals surface area contributed by atoms with Crippen molar-refractivity contribution in [3.8, 4) is 11.3 Å². The number of aromatic carboxylic acids is 1. The van der Waals surface area contributed by atoms with Gasteiger partial charge >= 0.3 is 5.97 Å². The van der Waals surface area contributed by atoms with Crippen LogP contribution in [0.3, 0.4) is 0 Å². The van der Waals surface area contributed by atoms with Crippen molar-refractivity contribution in [3.63, 3.8) is 0 Å². The topological polar surface area (TPSA) is 91.9 Å². The molecule has 0 spiro atoms. The number of nitrogens with one attached hydrogen (secondary N) is 1. The molecule has 1 aliphatic carbocycles. The number of thiophene rings is 1. The summed E-state index contributed by atoms with van der Waals surface area (Å²) in [5.74, 6) is 0.344. The van der Waals surface area contributed by atoms with Crippen LogP contribution < -0.4 is 5.32 Å². The maximum atomic E-state index is 13.5. The molecule has 4 aromatic rings. The van der Waals surface area contributed by atoms with Crippen molar-refractivity contribution in [2.24, 2.45) is 16.3 Å².